The van der Waals surface area contributed by atoms with Gasteiger partial charge in [-0.05, 0) is 30.7 Å². The Labute approximate surface area is 148 Å². The van der Waals surface area contributed by atoms with Crippen molar-refractivity contribution >= 4 is 5.65 Å². The lowest BCUT2D eigenvalue weighted by Gasteiger charge is -2.12. The summed E-state index contributed by atoms with van der Waals surface area (Å²) in [6.07, 6.45) is 3.47. The van der Waals surface area contributed by atoms with Crippen molar-refractivity contribution < 1.29 is 4.39 Å². The molecular weight excluding hydrogens is 333 g/mol. The monoisotopic (exact) mass is 351 g/mol. The molecule has 1 atom stereocenters. The standard InChI is InChI=1S/C19H18FN5O/c1-12(11-24-13(2)7-8-21-24)17-9-18(26)25-19(23-17)16(10-22-25)14-3-5-15(20)6-4-14/h3-10,12,22H,11H2,1-2H3/t12-/m0/s1. The summed E-state index contributed by atoms with van der Waals surface area (Å²) in [5.74, 6) is -0.287. The number of fused-ring (bicyclic) bond motifs is 1. The summed E-state index contributed by atoms with van der Waals surface area (Å²) in [7, 11) is 0. The maximum atomic E-state index is 13.2. The van der Waals surface area contributed by atoms with Gasteiger partial charge in [-0.1, -0.05) is 19.1 Å². The number of nitrogens with one attached hydrogen (secondary N) is 1. The van der Waals surface area contributed by atoms with E-state index in [-0.39, 0.29) is 17.3 Å². The fraction of sp³-hybridized carbons (Fsp3) is 0.211. The number of rotatable bonds is 4. The third-order valence-corrected chi connectivity index (χ3v) is 4.55. The molecule has 0 radical (unpaired) electrons. The van der Waals surface area contributed by atoms with E-state index in [1.54, 1.807) is 30.6 Å². The molecule has 132 valence electrons. The zero-order valence-electron chi connectivity index (χ0n) is 14.5. The Hall–Kier alpha value is -3.22. The Balaban J connectivity index is 1.77. The zero-order valence-corrected chi connectivity index (χ0v) is 14.5. The van der Waals surface area contributed by atoms with Gasteiger partial charge in [0.05, 0.1) is 5.69 Å². The number of hydrogen-bond donors (Lipinski definition) is 1. The number of aromatic nitrogens is 5. The molecule has 3 heterocycles. The van der Waals surface area contributed by atoms with Crippen LogP contribution >= 0.6 is 0 Å². The van der Waals surface area contributed by atoms with Crippen molar-refractivity contribution in [3.8, 4) is 11.1 Å². The first-order chi connectivity index (χ1) is 12.5. The summed E-state index contributed by atoms with van der Waals surface area (Å²) in [4.78, 5) is 17.2. The number of hydrogen-bond acceptors (Lipinski definition) is 3. The average molecular weight is 351 g/mol. The molecule has 7 heteroatoms. The van der Waals surface area contributed by atoms with E-state index in [1.807, 2.05) is 24.6 Å². The predicted molar refractivity (Wildman–Crippen MR) is 96.6 cm³/mol. The van der Waals surface area contributed by atoms with Gasteiger partial charge in [0.2, 0.25) is 0 Å². The highest BCUT2D eigenvalue weighted by atomic mass is 19.1. The minimum Gasteiger partial charge on any atom is -0.296 e. The van der Waals surface area contributed by atoms with E-state index in [0.717, 1.165) is 16.8 Å². The molecule has 26 heavy (non-hydrogen) atoms. The van der Waals surface area contributed by atoms with Gasteiger partial charge >= 0.3 is 0 Å². The van der Waals surface area contributed by atoms with Crippen LogP contribution in [0.1, 0.15) is 24.2 Å². The number of aryl methyl sites for hydroxylation is 1. The molecule has 0 spiro atoms. The highest BCUT2D eigenvalue weighted by Crippen LogP contribution is 2.24. The molecule has 0 aliphatic heterocycles. The first-order valence-corrected chi connectivity index (χ1v) is 8.38. The quantitative estimate of drug-likeness (QED) is 0.614. The highest BCUT2D eigenvalue weighted by molar-refractivity contribution is 5.76. The Kier molecular flexibility index (Phi) is 3.91. The van der Waals surface area contributed by atoms with Crippen LogP contribution in [0, 0.1) is 12.7 Å². The molecule has 0 fully saturated rings. The van der Waals surface area contributed by atoms with Crippen LogP contribution in [0.5, 0.6) is 0 Å². The molecule has 1 N–H and O–H groups in total. The summed E-state index contributed by atoms with van der Waals surface area (Å²) in [5.41, 5.74) is 3.66. The molecular formula is C19H18FN5O. The van der Waals surface area contributed by atoms with Crippen molar-refractivity contribution in [1.82, 2.24) is 24.4 Å². The highest BCUT2D eigenvalue weighted by Gasteiger charge is 2.15. The second kappa shape index (κ2) is 6.25. The van der Waals surface area contributed by atoms with Crippen LogP contribution in [-0.4, -0.2) is 24.4 Å². The van der Waals surface area contributed by atoms with Crippen molar-refractivity contribution in [2.75, 3.05) is 0 Å². The van der Waals surface area contributed by atoms with Crippen molar-refractivity contribution in [2.45, 2.75) is 26.3 Å². The molecule has 0 aliphatic rings. The van der Waals surface area contributed by atoms with E-state index in [9.17, 15) is 9.18 Å². The van der Waals surface area contributed by atoms with Gasteiger partial charge in [0.15, 0.2) is 5.65 Å². The molecule has 0 unspecified atom stereocenters. The maximum Gasteiger partial charge on any atom is 0.272 e. The number of nitrogens with zero attached hydrogens (tertiary/aromatic N) is 4. The van der Waals surface area contributed by atoms with Crippen LogP contribution in [0.25, 0.3) is 16.8 Å². The first kappa shape index (κ1) is 16.3. The van der Waals surface area contributed by atoms with Gasteiger partial charge in [-0.15, -0.1) is 0 Å². The van der Waals surface area contributed by atoms with Crippen LogP contribution in [0.15, 0.2) is 53.6 Å². The Morgan fingerprint density at radius 3 is 2.69 bits per heavy atom. The molecule has 0 saturated heterocycles. The van der Waals surface area contributed by atoms with Crippen LogP contribution in [0.3, 0.4) is 0 Å². The van der Waals surface area contributed by atoms with Gasteiger partial charge in [0.25, 0.3) is 5.56 Å². The van der Waals surface area contributed by atoms with Crippen LogP contribution in [0.4, 0.5) is 4.39 Å². The maximum absolute atomic E-state index is 13.2. The Morgan fingerprint density at radius 1 is 1.23 bits per heavy atom. The number of benzene rings is 1. The molecule has 4 aromatic rings. The summed E-state index contributed by atoms with van der Waals surface area (Å²) >= 11 is 0. The summed E-state index contributed by atoms with van der Waals surface area (Å²) in [6, 6.07) is 9.62. The number of H-pyrrole nitrogens is 1. The molecule has 0 saturated carbocycles. The van der Waals surface area contributed by atoms with E-state index in [2.05, 4.69) is 10.2 Å². The molecule has 4 rings (SSSR count). The van der Waals surface area contributed by atoms with Crippen molar-refractivity contribution in [1.29, 1.82) is 0 Å². The lowest BCUT2D eigenvalue weighted by atomic mass is 10.1. The van der Waals surface area contributed by atoms with Crippen LogP contribution < -0.4 is 5.56 Å². The van der Waals surface area contributed by atoms with Gasteiger partial charge in [-0.25, -0.2) is 13.9 Å². The van der Waals surface area contributed by atoms with Crippen molar-refractivity contribution in [3.05, 3.63) is 76.4 Å². The van der Waals surface area contributed by atoms with E-state index in [1.165, 1.54) is 16.6 Å². The van der Waals surface area contributed by atoms with E-state index < -0.39 is 0 Å². The normalized spacial score (nSPS) is 12.6. The van der Waals surface area contributed by atoms with Crippen molar-refractivity contribution in [2.24, 2.45) is 0 Å². The van der Waals surface area contributed by atoms with Gasteiger partial charge in [0.1, 0.15) is 5.82 Å². The molecule has 6 nitrogen and oxygen atoms in total. The Bertz CT molecular complexity index is 1120. The lowest BCUT2D eigenvalue weighted by molar-refractivity contribution is 0.523. The second-order valence-electron chi connectivity index (χ2n) is 6.43. The largest absolute Gasteiger partial charge is 0.296 e. The molecule has 3 aromatic heterocycles. The molecule has 1 aromatic carbocycles. The predicted octanol–water partition coefficient (Wildman–Crippen LogP) is 3.14. The topological polar surface area (TPSA) is 68.0 Å². The number of aromatic amines is 1. The zero-order chi connectivity index (χ0) is 18.3. The summed E-state index contributed by atoms with van der Waals surface area (Å²) in [5, 5.41) is 7.21. The molecule has 0 aliphatic carbocycles. The molecule has 0 amide bonds. The first-order valence-electron chi connectivity index (χ1n) is 8.38. The minimum absolute atomic E-state index is 0.0160. The fourth-order valence-electron chi connectivity index (χ4n) is 3.04. The van der Waals surface area contributed by atoms with E-state index in [4.69, 9.17) is 4.98 Å². The SMILES string of the molecule is Cc1ccnn1C[C@H](C)c1cc(=O)n2[nH]cc(-c3ccc(F)cc3)c2n1. The minimum atomic E-state index is -0.303. The second-order valence-corrected chi connectivity index (χ2v) is 6.43. The third-order valence-electron chi connectivity index (χ3n) is 4.55. The average Bonchev–Trinajstić information content (AvgIpc) is 3.22. The van der Waals surface area contributed by atoms with Crippen LogP contribution in [-0.2, 0) is 6.54 Å². The smallest absolute Gasteiger partial charge is 0.272 e. The summed E-state index contributed by atoms with van der Waals surface area (Å²) in [6.45, 7) is 4.64. The Morgan fingerprint density at radius 2 is 2.00 bits per heavy atom. The van der Waals surface area contributed by atoms with Gasteiger partial charge in [-0.3, -0.25) is 14.6 Å². The van der Waals surface area contributed by atoms with Gasteiger partial charge in [-0.2, -0.15) is 5.10 Å². The fourth-order valence-corrected chi connectivity index (χ4v) is 3.04. The lowest BCUT2D eigenvalue weighted by Crippen LogP contribution is -2.18. The summed E-state index contributed by atoms with van der Waals surface area (Å²) < 4.78 is 16.5. The van der Waals surface area contributed by atoms with E-state index >= 15 is 0 Å². The van der Waals surface area contributed by atoms with Gasteiger partial charge < -0.3 is 0 Å². The van der Waals surface area contributed by atoms with Gasteiger partial charge in [0, 0.05) is 42.2 Å². The van der Waals surface area contributed by atoms with E-state index in [0.29, 0.717) is 17.9 Å². The van der Waals surface area contributed by atoms with Crippen molar-refractivity contribution in [3.63, 3.8) is 0 Å². The molecule has 0 bridgehead atoms. The van der Waals surface area contributed by atoms with Crippen LogP contribution in [0.2, 0.25) is 0 Å². The third kappa shape index (κ3) is 2.81. The number of halogens is 1.